The fourth-order valence-corrected chi connectivity index (χ4v) is 3.87. The molecule has 3 nitrogen and oxygen atoms in total. The Kier molecular flexibility index (Phi) is 3.17. The van der Waals surface area contributed by atoms with Gasteiger partial charge in [-0.1, -0.05) is 11.6 Å². The molecule has 0 bridgehead atoms. The van der Waals surface area contributed by atoms with Crippen molar-refractivity contribution >= 4 is 28.1 Å². The number of benzene rings is 1. The van der Waals surface area contributed by atoms with Crippen LogP contribution in [-0.2, 0) is 6.42 Å². The first-order chi connectivity index (χ1) is 9.19. The highest BCUT2D eigenvalue weighted by Gasteiger charge is 2.27. The second kappa shape index (κ2) is 4.84. The van der Waals surface area contributed by atoms with Gasteiger partial charge in [-0.15, -0.1) is 11.3 Å². The largest absolute Gasteiger partial charge is 0.375 e. The third-order valence-corrected chi connectivity index (χ3v) is 4.75. The molecule has 3 rings (SSSR count). The Morgan fingerprint density at radius 1 is 1.47 bits per heavy atom. The highest BCUT2D eigenvalue weighted by Crippen LogP contribution is 2.42. The molecule has 1 aromatic heterocycles. The fraction of sp³-hybridized carbons (Fsp3) is 0.286. The summed E-state index contributed by atoms with van der Waals surface area (Å²) in [5.41, 5.74) is 8.59. The summed E-state index contributed by atoms with van der Waals surface area (Å²) in [6, 6.07) is 7.70. The highest BCUT2D eigenvalue weighted by atomic mass is 35.5. The Morgan fingerprint density at radius 3 is 3.11 bits per heavy atom. The minimum absolute atomic E-state index is 0.201. The molecule has 2 aromatic rings. The number of halogens is 1. The van der Waals surface area contributed by atoms with Crippen molar-refractivity contribution in [1.29, 1.82) is 5.26 Å². The Bertz CT molecular complexity index is 672. The van der Waals surface area contributed by atoms with Gasteiger partial charge in [-0.3, -0.25) is 0 Å². The van der Waals surface area contributed by atoms with Crippen LogP contribution in [0.4, 0.5) is 5.13 Å². The number of nitrogens with zero attached hydrogens (tertiary/aromatic N) is 2. The van der Waals surface area contributed by atoms with Crippen LogP contribution < -0.4 is 5.73 Å². The van der Waals surface area contributed by atoms with Gasteiger partial charge in [0.05, 0.1) is 17.3 Å². The van der Waals surface area contributed by atoms with Crippen LogP contribution in [0.1, 0.15) is 40.5 Å². The molecular formula is C14H12ClN3S. The third kappa shape index (κ3) is 2.20. The van der Waals surface area contributed by atoms with E-state index in [1.807, 2.05) is 6.07 Å². The van der Waals surface area contributed by atoms with E-state index in [1.165, 1.54) is 16.2 Å². The van der Waals surface area contributed by atoms with Gasteiger partial charge in [0, 0.05) is 15.8 Å². The van der Waals surface area contributed by atoms with E-state index < -0.39 is 0 Å². The van der Waals surface area contributed by atoms with Crippen molar-refractivity contribution in [3.05, 3.63) is 44.9 Å². The summed E-state index contributed by atoms with van der Waals surface area (Å²) in [5.74, 6) is 0.201. The summed E-state index contributed by atoms with van der Waals surface area (Å²) in [6.07, 6.45) is 3.06. The molecule has 0 amide bonds. The fourth-order valence-electron chi connectivity index (χ4n) is 2.66. The molecule has 1 atom stereocenters. The summed E-state index contributed by atoms with van der Waals surface area (Å²) in [4.78, 5) is 5.58. The Labute approximate surface area is 120 Å². The molecular weight excluding hydrogens is 278 g/mol. The first-order valence-corrected chi connectivity index (χ1v) is 7.33. The van der Waals surface area contributed by atoms with E-state index in [1.54, 1.807) is 12.1 Å². The first-order valence-electron chi connectivity index (χ1n) is 6.13. The number of rotatable bonds is 1. The lowest BCUT2D eigenvalue weighted by atomic mass is 9.84. The predicted octanol–water partition coefficient (Wildman–Crippen LogP) is 3.72. The zero-order chi connectivity index (χ0) is 13.4. The van der Waals surface area contributed by atoms with Crippen LogP contribution in [-0.4, -0.2) is 4.98 Å². The minimum atomic E-state index is 0.201. The molecule has 5 heteroatoms. The zero-order valence-corrected chi connectivity index (χ0v) is 11.8. The molecule has 0 aliphatic heterocycles. The van der Waals surface area contributed by atoms with E-state index in [0.29, 0.717) is 15.7 Å². The number of thiazole rings is 1. The van der Waals surface area contributed by atoms with Crippen molar-refractivity contribution in [3.8, 4) is 6.07 Å². The third-order valence-electron chi connectivity index (χ3n) is 3.48. The molecule has 0 spiro atoms. The van der Waals surface area contributed by atoms with Crippen LogP contribution in [0, 0.1) is 11.3 Å². The SMILES string of the molecule is N#Cc1ccc(Cl)cc1C1CCCc2nc(N)sc21. The van der Waals surface area contributed by atoms with Gasteiger partial charge in [-0.05, 0) is 43.0 Å². The van der Waals surface area contributed by atoms with Gasteiger partial charge in [0.15, 0.2) is 5.13 Å². The maximum absolute atomic E-state index is 9.26. The normalized spacial score (nSPS) is 17.8. The number of anilines is 1. The van der Waals surface area contributed by atoms with Crippen molar-refractivity contribution in [2.24, 2.45) is 0 Å². The number of aryl methyl sites for hydroxylation is 1. The Morgan fingerprint density at radius 2 is 2.32 bits per heavy atom. The molecule has 0 fully saturated rings. The summed E-state index contributed by atoms with van der Waals surface area (Å²) in [5, 5.41) is 10.5. The summed E-state index contributed by atoms with van der Waals surface area (Å²) in [7, 11) is 0. The molecule has 0 saturated carbocycles. The van der Waals surface area contributed by atoms with Crippen molar-refractivity contribution in [2.45, 2.75) is 25.2 Å². The van der Waals surface area contributed by atoms with E-state index in [4.69, 9.17) is 17.3 Å². The number of fused-ring (bicyclic) bond motifs is 1. The van der Waals surface area contributed by atoms with Gasteiger partial charge in [0.25, 0.3) is 0 Å². The molecule has 1 aliphatic carbocycles. The van der Waals surface area contributed by atoms with E-state index >= 15 is 0 Å². The van der Waals surface area contributed by atoms with Gasteiger partial charge in [-0.2, -0.15) is 5.26 Å². The molecule has 2 N–H and O–H groups in total. The molecule has 1 heterocycles. The lowest BCUT2D eigenvalue weighted by molar-refractivity contribution is 0.616. The van der Waals surface area contributed by atoms with Crippen molar-refractivity contribution in [2.75, 3.05) is 5.73 Å². The van der Waals surface area contributed by atoms with Crippen molar-refractivity contribution < 1.29 is 0 Å². The quantitative estimate of drug-likeness (QED) is 0.870. The van der Waals surface area contributed by atoms with Crippen LogP contribution in [0.2, 0.25) is 5.02 Å². The van der Waals surface area contributed by atoms with Crippen LogP contribution >= 0.6 is 22.9 Å². The Hall–Kier alpha value is -1.57. The second-order valence-corrected chi connectivity index (χ2v) is 6.15. The summed E-state index contributed by atoms with van der Waals surface area (Å²) < 4.78 is 0. The lowest BCUT2D eigenvalue weighted by Gasteiger charge is -2.22. The number of nitrogens with two attached hydrogens (primary N) is 1. The van der Waals surface area contributed by atoms with Gasteiger partial charge >= 0.3 is 0 Å². The second-order valence-electron chi connectivity index (χ2n) is 4.65. The van der Waals surface area contributed by atoms with E-state index in [0.717, 1.165) is 30.5 Å². The van der Waals surface area contributed by atoms with Gasteiger partial charge in [0.2, 0.25) is 0 Å². The number of hydrogen-bond acceptors (Lipinski definition) is 4. The first kappa shape index (κ1) is 12.5. The number of nitrogen functional groups attached to an aromatic ring is 1. The van der Waals surface area contributed by atoms with Gasteiger partial charge in [0.1, 0.15) is 0 Å². The monoisotopic (exact) mass is 289 g/mol. The number of nitriles is 1. The Balaban J connectivity index is 2.14. The maximum atomic E-state index is 9.26. The lowest BCUT2D eigenvalue weighted by Crippen LogP contribution is -2.10. The molecule has 1 unspecified atom stereocenters. The van der Waals surface area contributed by atoms with Crippen molar-refractivity contribution in [1.82, 2.24) is 4.98 Å². The average Bonchev–Trinajstić information content (AvgIpc) is 2.78. The van der Waals surface area contributed by atoms with E-state index in [9.17, 15) is 5.26 Å². The van der Waals surface area contributed by atoms with Crippen LogP contribution in [0.25, 0.3) is 0 Å². The standard InChI is InChI=1S/C14H12ClN3S/c15-9-5-4-8(7-16)11(6-9)10-2-1-3-12-13(10)19-14(17)18-12/h4-6,10H,1-3H2,(H2,17,18). The zero-order valence-electron chi connectivity index (χ0n) is 10.2. The van der Waals surface area contributed by atoms with Crippen molar-refractivity contribution in [3.63, 3.8) is 0 Å². The van der Waals surface area contributed by atoms with E-state index in [2.05, 4.69) is 11.1 Å². The molecule has 0 radical (unpaired) electrons. The topological polar surface area (TPSA) is 62.7 Å². The van der Waals surface area contributed by atoms with Crippen LogP contribution in [0.3, 0.4) is 0 Å². The van der Waals surface area contributed by atoms with E-state index in [-0.39, 0.29) is 5.92 Å². The molecule has 19 heavy (non-hydrogen) atoms. The smallest absolute Gasteiger partial charge is 0.180 e. The van der Waals surface area contributed by atoms with Crippen LogP contribution in [0.5, 0.6) is 0 Å². The predicted molar refractivity (Wildman–Crippen MR) is 77.5 cm³/mol. The van der Waals surface area contributed by atoms with Gasteiger partial charge in [-0.25, -0.2) is 4.98 Å². The number of aromatic nitrogens is 1. The molecule has 0 saturated heterocycles. The maximum Gasteiger partial charge on any atom is 0.180 e. The van der Waals surface area contributed by atoms with Crippen LogP contribution in [0.15, 0.2) is 18.2 Å². The average molecular weight is 290 g/mol. The highest BCUT2D eigenvalue weighted by molar-refractivity contribution is 7.15. The summed E-state index contributed by atoms with van der Waals surface area (Å²) >= 11 is 7.61. The van der Waals surface area contributed by atoms with Gasteiger partial charge < -0.3 is 5.73 Å². The molecule has 1 aromatic carbocycles. The molecule has 1 aliphatic rings. The minimum Gasteiger partial charge on any atom is -0.375 e. The summed E-state index contributed by atoms with van der Waals surface area (Å²) in [6.45, 7) is 0. The number of hydrogen-bond donors (Lipinski definition) is 1. The molecule has 96 valence electrons.